The summed E-state index contributed by atoms with van der Waals surface area (Å²) in [5.74, 6) is 0.518. The van der Waals surface area contributed by atoms with Crippen LogP contribution >= 0.6 is 27.3 Å². The summed E-state index contributed by atoms with van der Waals surface area (Å²) in [7, 11) is 0. The van der Waals surface area contributed by atoms with Crippen molar-refractivity contribution >= 4 is 38.9 Å². The molecule has 0 radical (unpaired) electrons. The molecule has 4 nitrogen and oxygen atoms in total. The number of hydrogen-bond acceptors (Lipinski definition) is 3. The lowest BCUT2D eigenvalue weighted by molar-refractivity contribution is 0.0947. The van der Waals surface area contributed by atoms with Crippen LogP contribution in [0.3, 0.4) is 0 Å². The third-order valence-electron chi connectivity index (χ3n) is 5.72. The standard InChI is InChI=1S/C23H26BrN3OS/c1-16-11-22(17(2)27(16)15-21-7-4-10-29-21)23(28)25-13-18-8-9-26(14-18)20-6-3-5-19(24)12-20/h3-7,10-12,18H,8-9,13-15H2,1-2H3,(H,25,28). The van der Waals surface area contributed by atoms with Crippen LogP contribution < -0.4 is 10.2 Å². The topological polar surface area (TPSA) is 37.3 Å². The summed E-state index contributed by atoms with van der Waals surface area (Å²) in [4.78, 5) is 16.5. The van der Waals surface area contributed by atoms with Crippen molar-refractivity contribution in [3.63, 3.8) is 0 Å². The summed E-state index contributed by atoms with van der Waals surface area (Å²) < 4.78 is 3.33. The number of halogens is 1. The van der Waals surface area contributed by atoms with Crippen molar-refractivity contribution in [1.82, 2.24) is 9.88 Å². The van der Waals surface area contributed by atoms with Gasteiger partial charge in [-0.2, -0.15) is 0 Å². The average molecular weight is 472 g/mol. The molecule has 152 valence electrons. The van der Waals surface area contributed by atoms with Crippen molar-refractivity contribution in [3.8, 4) is 0 Å². The van der Waals surface area contributed by atoms with Crippen LogP contribution in [0.1, 0.15) is 33.0 Å². The van der Waals surface area contributed by atoms with E-state index in [2.05, 4.69) is 73.3 Å². The van der Waals surface area contributed by atoms with Gasteiger partial charge >= 0.3 is 0 Å². The molecular formula is C23H26BrN3OS. The first-order valence-electron chi connectivity index (χ1n) is 9.99. The van der Waals surface area contributed by atoms with Crippen molar-refractivity contribution in [3.05, 3.63) is 74.1 Å². The number of anilines is 1. The van der Waals surface area contributed by atoms with E-state index in [0.29, 0.717) is 5.92 Å². The Bertz CT molecular complexity index is 996. The first kappa shape index (κ1) is 20.2. The van der Waals surface area contributed by atoms with Crippen LogP contribution in [0.4, 0.5) is 5.69 Å². The SMILES string of the molecule is Cc1cc(C(=O)NCC2CCN(c3cccc(Br)c3)C2)c(C)n1Cc1cccs1. The Kier molecular flexibility index (Phi) is 6.11. The van der Waals surface area contributed by atoms with E-state index in [1.807, 2.05) is 19.1 Å². The number of aromatic nitrogens is 1. The van der Waals surface area contributed by atoms with Crippen molar-refractivity contribution in [2.45, 2.75) is 26.8 Å². The minimum atomic E-state index is 0.0384. The number of hydrogen-bond donors (Lipinski definition) is 1. The van der Waals surface area contributed by atoms with Gasteiger partial charge in [0.2, 0.25) is 0 Å². The zero-order valence-corrected chi connectivity index (χ0v) is 19.2. The summed E-state index contributed by atoms with van der Waals surface area (Å²) >= 11 is 5.30. The second-order valence-corrected chi connectivity index (χ2v) is 9.69. The smallest absolute Gasteiger partial charge is 0.253 e. The Hall–Kier alpha value is -2.05. The number of benzene rings is 1. The molecule has 4 rings (SSSR count). The van der Waals surface area contributed by atoms with E-state index in [9.17, 15) is 4.79 Å². The summed E-state index contributed by atoms with van der Waals surface area (Å²) in [6.45, 7) is 7.68. The third kappa shape index (κ3) is 4.59. The number of carbonyl (C=O) groups excluding carboxylic acids is 1. The monoisotopic (exact) mass is 471 g/mol. The molecule has 1 unspecified atom stereocenters. The quantitative estimate of drug-likeness (QED) is 0.533. The van der Waals surface area contributed by atoms with Gasteiger partial charge in [-0.15, -0.1) is 11.3 Å². The summed E-state index contributed by atoms with van der Waals surface area (Å²) in [5.41, 5.74) is 4.20. The molecule has 1 saturated heterocycles. The molecule has 1 aliphatic rings. The lowest BCUT2D eigenvalue weighted by Gasteiger charge is -2.19. The number of aryl methyl sites for hydroxylation is 1. The van der Waals surface area contributed by atoms with Gasteiger partial charge in [-0.3, -0.25) is 4.79 Å². The Morgan fingerprint density at radius 1 is 1.24 bits per heavy atom. The first-order valence-corrected chi connectivity index (χ1v) is 11.7. The molecule has 0 aliphatic carbocycles. The fraction of sp³-hybridized carbons (Fsp3) is 0.348. The Morgan fingerprint density at radius 3 is 2.86 bits per heavy atom. The van der Waals surface area contributed by atoms with E-state index in [0.717, 1.165) is 54.0 Å². The first-order chi connectivity index (χ1) is 14.0. The largest absolute Gasteiger partial charge is 0.371 e. The normalized spacial score (nSPS) is 16.4. The molecule has 1 atom stereocenters. The molecule has 1 aromatic carbocycles. The minimum Gasteiger partial charge on any atom is -0.371 e. The maximum absolute atomic E-state index is 12.8. The fourth-order valence-corrected chi connectivity index (χ4v) is 5.15. The Balaban J connectivity index is 1.35. The van der Waals surface area contributed by atoms with E-state index >= 15 is 0 Å². The van der Waals surface area contributed by atoms with Crippen LogP contribution in [0.25, 0.3) is 0 Å². The molecule has 1 aliphatic heterocycles. The van der Waals surface area contributed by atoms with Crippen LogP contribution in [0.2, 0.25) is 0 Å². The second-order valence-electron chi connectivity index (χ2n) is 7.74. The van der Waals surface area contributed by atoms with Crippen molar-refractivity contribution in [2.75, 3.05) is 24.5 Å². The molecule has 0 spiro atoms. The van der Waals surface area contributed by atoms with Crippen molar-refractivity contribution in [1.29, 1.82) is 0 Å². The molecule has 2 aromatic heterocycles. The zero-order chi connectivity index (χ0) is 20.4. The lowest BCUT2D eigenvalue weighted by Crippen LogP contribution is -2.31. The van der Waals surface area contributed by atoms with E-state index < -0.39 is 0 Å². The van der Waals surface area contributed by atoms with Crippen LogP contribution in [-0.2, 0) is 6.54 Å². The van der Waals surface area contributed by atoms with Gasteiger partial charge in [-0.25, -0.2) is 0 Å². The van der Waals surface area contributed by atoms with Crippen LogP contribution in [0.5, 0.6) is 0 Å². The highest BCUT2D eigenvalue weighted by Crippen LogP contribution is 2.26. The summed E-state index contributed by atoms with van der Waals surface area (Å²) in [6.07, 6.45) is 1.10. The van der Waals surface area contributed by atoms with Crippen molar-refractivity contribution in [2.24, 2.45) is 5.92 Å². The van der Waals surface area contributed by atoms with Crippen LogP contribution in [-0.4, -0.2) is 30.1 Å². The van der Waals surface area contributed by atoms with Gasteiger partial charge in [0.15, 0.2) is 0 Å². The molecular weight excluding hydrogens is 446 g/mol. The number of rotatable bonds is 6. The third-order valence-corrected chi connectivity index (χ3v) is 7.08. The molecule has 0 bridgehead atoms. The maximum atomic E-state index is 12.8. The molecule has 3 heterocycles. The number of thiophene rings is 1. The van der Waals surface area contributed by atoms with Gasteiger partial charge in [0.1, 0.15) is 0 Å². The second kappa shape index (κ2) is 8.76. The number of nitrogens with zero attached hydrogens (tertiary/aromatic N) is 2. The Labute approximate surface area is 184 Å². The predicted octanol–water partition coefficient (Wildman–Crippen LogP) is 5.23. The molecule has 0 saturated carbocycles. The number of carbonyl (C=O) groups is 1. The lowest BCUT2D eigenvalue weighted by atomic mass is 10.1. The molecule has 6 heteroatoms. The average Bonchev–Trinajstić information content (AvgIpc) is 3.44. The maximum Gasteiger partial charge on any atom is 0.253 e. The van der Waals surface area contributed by atoms with E-state index in [-0.39, 0.29) is 5.91 Å². The Morgan fingerprint density at radius 2 is 2.10 bits per heavy atom. The molecule has 1 N–H and O–H groups in total. The predicted molar refractivity (Wildman–Crippen MR) is 124 cm³/mol. The molecule has 29 heavy (non-hydrogen) atoms. The van der Waals surface area contributed by atoms with Crippen LogP contribution in [0, 0.1) is 19.8 Å². The fourth-order valence-electron chi connectivity index (χ4n) is 4.07. The number of amides is 1. The summed E-state index contributed by atoms with van der Waals surface area (Å²) in [6, 6.07) is 14.6. The van der Waals surface area contributed by atoms with Gasteiger partial charge < -0.3 is 14.8 Å². The zero-order valence-electron chi connectivity index (χ0n) is 16.8. The van der Waals surface area contributed by atoms with Gasteiger partial charge in [-0.1, -0.05) is 28.1 Å². The molecule has 1 fully saturated rings. The highest BCUT2D eigenvalue weighted by molar-refractivity contribution is 9.10. The highest BCUT2D eigenvalue weighted by atomic mass is 79.9. The highest BCUT2D eigenvalue weighted by Gasteiger charge is 2.24. The van der Waals surface area contributed by atoms with Gasteiger partial charge in [0.05, 0.1) is 12.1 Å². The van der Waals surface area contributed by atoms with Crippen LogP contribution in [0.15, 0.2) is 52.3 Å². The van der Waals surface area contributed by atoms with Gasteiger partial charge in [0, 0.05) is 46.1 Å². The van der Waals surface area contributed by atoms with Crippen molar-refractivity contribution < 1.29 is 4.79 Å². The molecule has 3 aromatic rings. The minimum absolute atomic E-state index is 0.0384. The molecule has 1 amide bonds. The number of nitrogens with one attached hydrogen (secondary N) is 1. The summed E-state index contributed by atoms with van der Waals surface area (Å²) in [5, 5.41) is 5.27. The van der Waals surface area contributed by atoms with E-state index in [4.69, 9.17) is 0 Å². The van der Waals surface area contributed by atoms with Gasteiger partial charge in [-0.05, 0) is 61.9 Å². The van der Waals surface area contributed by atoms with E-state index in [1.165, 1.54) is 10.6 Å². The van der Waals surface area contributed by atoms with Gasteiger partial charge in [0.25, 0.3) is 5.91 Å². The van der Waals surface area contributed by atoms with E-state index in [1.54, 1.807) is 11.3 Å².